The minimum atomic E-state index is -0.550. The van der Waals surface area contributed by atoms with Crippen LogP contribution >= 0.6 is 11.8 Å². The van der Waals surface area contributed by atoms with Crippen molar-refractivity contribution in [1.82, 2.24) is 0 Å². The van der Waals surface area contributed by atoms with Crippen LogP contribution in [0.25, 0.3) is 0 Å². The van der Waals surface area contributed by atoms with E-state index in [-0.39, 0.29) is 25.6 Å². The molecule has 2 atom stereocenters. The Morgan fingerprint density at radius 2 is 2.05 bits per heavy atom. The minimum Gasteiger partial charge on any atom is -0.394 e. The summed E-state index contributed by atoms with van der Waals surface area (Å²) >= 11 is 1.55. The Balaban J connectivity index is 3.66. The molecule has 19 heavy (non-hydrogen) atoms. The first kappa shape index (κ1) is 18.9. The van der Waals surface area contributed by atoms with Crippen molar-refractivity contribution in [2.45, 2.75) is 39.3 Å². The summed E-state index contributed by atoms with van der Waals surface area (Å²) in [5.41, 5.74) is 5.44. The Labute approximate surface area is 119 Å². The van der Waals surface area contributed by atoms with E-state index >= 15 is 0 Å². The Bertz CT molecular complexity index is 256. The van der Waals surface area contributed by atoms with Crippen LogP contribution in [0, 0.1) is 5.41 Å². The van der Waals surface area contributed by atoms with Gasteiger partial charge < -0.3 is 20.7 Å². The number of carbonyl (C=O) groups is 1. The highest BCUT2D eigenvalue weighted by Crippen LogP contribution is 2.18. The van der Waals surface area contributed by atoms with Gasteiger partial charge in [0.2, 0.25) is 0 Å². The van der Waals surface area contributed by atoms with Crippen LogP contribution in [-0.2, 0) is 9.53 Å². The Hall–Kier alpha value is -0.140. The summed E-state index contributed by atoms with van der Waals surface area (Å²) in [4.78, 5) is 11.8. The number of thioether (sulfide) groups is 1. The molecule has 2 unspecified atom stereocenters. The number of carbonyl (C=O) groups excluding carboxylic acids is 1. The van der Waals surface area contributed by atoms with E-state index in [1.54, 1.807) is 11.8 Å². The molecule has 0 aliphatic rings. The molecule has 0 aliphatic heterocycles. The third-order valence-electron chi connectivity index (χ3n) is 2.51. The molecule has 6 heteroatoms. The van der Waals surface area contributed by atoms with Crippen molar-refractivity contribution in [3.05, 3.63) is 0 Å². The second-order valence-corrected chi connectivity index (χ2v) is 6.69. The highest BCUT2D eigenvalue weighted by atomic mass is 32.2. The van der Waals surface area contributed by atoms with E-state index in [1.807, 2.05) is 20.8 Å². The lowest BCUT2D eigenvalue weighted by molar-refractivity contribution is -0.127. The fraction of sp³-hybridized carbons (Fsp3) is 0.923. The summed E-state index contributed by atoms with van der Waals surface area (Å²) in [7, 11) is 0. The van der Waals surface area contributed by atoms with Gasteiger partial charge in [0.05, 0.1) is 32.0 Å². The maximum absolute atomic E-state index is 11.8. The third-order valence-corrected chi connectivity index (χ3v) is 3.65. The molecule has 0 aromatic carbocycles. The van der Waals surface area contributed by atoms with Gasteiger partial charge in [0.1, 0.15) is 0 Å². The molecular formula is C13H27NO4S. The van der Waals surface area contributed by atoms with Gasteiger partial charge in [-0.1, -0.05) is 20.8 Å². The number of hydrogen-bond donors (Lipinski definition) is 3. The van der Waals surface area contributed by atoms with E-state index in [9.17, 15) is 9.90 Å². The van der Waals surface area contributed by atoms with Gasteiger partial charge in [0.15, 0.2) is 5.78 Å². The predicted octanol–water partition coefficient (Wildman–Crippen LogP) is 0.422. The topological polar surface area (TPSA) is 92.8 Å². The maximum Gasteiger partial charge on any atom is 0.154 e. The van der Waals surface area contributed by atoms with Crippen LogP contribution < -0.4 is 5.73 Å². The van der Waals surface area contributed by atoms with Crippen molar-refractivity contribution in [3.8, 4) is 0 Å². The van der Waals surface area contributed by atoms with E-state index < -0.39 is 17.6 Å². The van der Waals surface area contributed by atoms with Crippen molar-refractivity contribution < 1.29 is 19.7 Å². The maximum atomic E-state index is 11.8. The Morgan fingerprint density at radius 3 is 2.58 bits per heavy atom. The number of Topliss-reactive ketones (excluding diaryl/α,β-unsaturated/α-hetero) is 1. The van der Waals surface area contributed by atoms with Crippen molar-refractivity contribution in [3.63, 3.8) is 0 Å². The fourth-order valence-corrected chi connectivity index (χ4v) is 2.40. The number of rotatable bonds is 10. The van der Waals surface area contributed by atoms with Gasteiger partial charge in [-0.25, -0.2) is 0 Å². The molecule has 0 rings (SSSR count). The van der Waals surface area contributed by atoms with Gasteiger partial charge in [-0.05, 0) is 12.2 Å². The highest BCUT2D eigenvalue weighted by Gasteiger charge is 2.26. The first-order valence-electron chi connectivity index (χ1n) is 6.53. The summed E-state index contributed by atoms with van der Waals surface area (Å²) in [5, 5.41) is 18.1. The van der Waals surface area contributed by atoms with E-state index in [1.165, 1.54) is 0 Å². The van der Waals surface area contributed by atoms with Crippen molar-refractivity contribution in [2.24, 2.45) is 11.1 Å². The molecular weight excluding hydrogens is 266 g/mol. The molecule has 0 aromatic rings. The summed E-state index contributed by atoms with van der Waals surface area (Å²) in [5.74, 6) is 1.35. The molecule has 0 aromatic heterocycles. The monoisotopic (exact) mass is 293 g/mol. The van der Waals surface area contributed by atoms with Gasteiger partial charge in [-0.2, -0.15) is 11.8 Å². The average Bonchev–Trinajstić information content (AvgIpc) is 2.32. The van der Waals surface area contributed by atoms with E-state index in [2.05, 4.69) is 0 Å². The summed E-state index contributed by atoms with van der Waals surface area (Å²) < 4.78 is 5.01. The van der Waals surface area contributed by atoms with Gasteiger partial charge >= 0.3 is 0 Å². The highest BCUT2D eigenvalue weighted by molar-refractivity contribution is 7.99. The molecule has 0 aliphatic carbocycles. The molecule has 0 saturated carbocycles. The second-order valence-electron chi connectivity index (χ2n) is 5.54. The zero-order valence-corrected chi connectivity index (χ0v) is 12.9. The van der Waals surface area contributed by atoms with Crippen LogP contribution in [0.4, 0.5) is 0 Å². The first-order chi connectivity index (χ1) is 8.79. The minimum absolute atomic E-state index is 0.0381. The van der Waals surface area contributed by atoms with Crippen LogP contribution in [0.15, 0.2) is 0 Å². The lowest BCUT2D eigenvalue weighted by Crippen LogP contribution is -2.39. The molecule has 0 saturated heterocycles. The molecule has 0 fully saturated rings. The van der Waals surface area contributed by atoms with Crippen LogP contribution in [0.1, 0.15) is 27.2 Å². The summed E-state index contributed by atoms with van der Waals surface area (Å²) in [6.45, 7) is 6.02. The Kier molecular flexibility index (Phi) is 9.64. The average molecular weight is 293 g/mol. The number of ether oxygens (including phenoxy) is 1. The Morgan fingerprint density at radius 1 is 1.42 bits per heavy atom. The third kappa shape index (κ3) is 9.40. The normalized spacial score (nSPS) is 15.3. The summed E-state index contributed by atoms with van der Waals surface area (Å²) in [6.07, 6.45) is 0.0661. The number of hydrogen-bond acceptors (Lipinski definition) is 6. The lowest BCUT2D eigenvalue weighted by Gasteiger charge is -2.21. The second kappa shape index (κ2) is 9.72. The van der Waals surface area contributed by atoms with Crippen molar-refractivity contribution >= 4 is 17.5 Å². The first-order valence-corrected chi connectivity index (χ1v) is 7.68. The number of ketones is 1. The van der Waals surface area contributed by atoms with Crippen LogP contribution in [0.3, 0.4) is 0 Å². The van der Waals surface area contributed by atoms with E-state index in [0.717, 1.165) is 5.75 Å². The molecule has 5 nitrogen and oxygen atoms in total. The standard InChI is InChI=1S/C13H27NO4S/c1-13(2,3)12(17)11(14)4-7-19-9-10(16)8-18-6-5-15/h10-11,15-16H,4-9,14H2,1-3H3. The number of nitrogens with two attached hydrogens (primary N) is 1. The van der Waals surface area contributed by atoms with Gasteiger partial charge in [0, 0.05) is 11.2 Å². The van der Waals surface area contributed by atoms with Crippen LogP contribution in [0.2, 0.25) is 0 Å². The fourth-order valence-electron chi connectivity index (χ4n) is 1.45. The molecule has 4 N–H and O–H groups in total. The quantitative estimate of drug-likeness (QED) is 0.506. The zero-order chi connectivity index (χ0) is 14.9. The lowest BCUT2D eigenvalue weighted by atomic mass is 9.86. The molecule has 0 spiro atoms. The van der Waals surface area contributed by atoms with Gasteiger partial charge in [0.25, 0.3) is 0 Å². The molecule has 0 radical (unpaired) electrons. The van der Waals surface area contributed by atoms with E-state index in [0.29, 0.717) is 12.2 Å². The van der Waals surface area contributed by atoms with Crippen molar-refractivity contribution in [1.29, 1.82) is 0 Å². The zero-order valence-electron chi connectivity index (χ0n) is 12.1. The molecule has 0 heterocycles. The van der Waals surface area contributed by atoms with Crippen LogP contribution in [-0.4, -0.2) is 59.5 Å². The molecule has 0 amide bonds. The molecule has 0 bridgehead atoms. The van der Waals surface area contributed by atoms with Gasteiger partial charge in [-0.3, -0.25) is 4.79 Å². The SMILES string of the molecule is CC(C)(C)C(=O)C(N)CCSCC(O)COCCO. The summed E-state index contributed by atoms with van der Waals surface area (Å²) in [6, 6.07) is -0.435. The van der Waals surface area contributed by atoms with Crippen LogP contribution in [0.5, 0.6) is 0 Å². The smallest absolute Gasteiger partial charge is 0.154 e. The van der Waals surface area contributed by atoms with Gasteiger partial charge in [-0.15, -0.1) is 0 Å². The molecule has 114 valence electrons. The van der Waals surface area contributed by atoms with Crippen molar-refractivity contribution in [2.75, 3.05) is 31.3 Å². The largest absolute Gasteiger partial charge is 0.394 e. The predicted molar refractivity (Wildman–Crippen MR) is 78.3 cm³/mol. The van der Waals surface area contributed by atoms with E-state index in [4.69, 9.17) is 15.6 Å². The number of aliphatic hydroxyl groups is 2. The number of aliphatic hydroxyl groups excluding tert-OH is 2.